The van der Waals surface area contributed by atoms with E-state index in [9.17, 15) is 5.11 Å². The summed E-state index contributed by atoms with van der Waals surface area (Å²) in [7, 11) is 0. The summed E-state index contributed by atoms with van der Waals surface area (Å²) in [4.78, 5) is 0. The van der Waals surface area contributed by atoms with Crippen LogP contribution < -0.4 is 0 Å². The van der Waals surface area contributed by atoms with E-state index in [1.54, 1.807) is 0 Å². The molecule has 0 aromatic heterocycles. The predicted octanol–water partition coefficient (Wildman–Crippen LogP) is 8.93. The van der Waals surface area contributed by atoms with E-state index in [-0.39, 0.29) is 0 Å². The molecule has 2 unspecified atom stereocenters. The van der Waals surface area contributed by atoms with Crippen LogP contribution in [0, 0.1) is 34.5 Å². The zero-order valence-corrected chi connectivity index (χ0v) is 31.4. The lowest BCUT2D eigenvalue weighted by atomic mass is 9.60. The highest BCUT2D eigenvalue weighted by molar-refractivity contribution is 8.07. The Morgan fingerprint density at radius 1 is 0.478 bits per heavy atom. The molecule has 6 rings (SSSR count). The maximum atomic E-state index is 10.7. The Labute approximate surface area is 290 Å². The molecule has 0 amide bonds. The molecule has 46 heavy (non-hydrogen) atoms. The minimum Gasteiger partial charge on any atom is -0.388 e. The highest BCUT2D eigenvalue weighted by Gasteiger charge is 2.42. The number of rotatable bonds is 16. The van der Waals surface area contributed by atoms with Crippen molar-refractivity contribution < 1.29 is 24.1 Å². The minimum atomic E-state index is -0.518. The standard InChI is InChI=1S/C39H68O5S2/c1-38(2,29-9-17-34(18-10-29)43-23-36-25-45-36)27-5-13-32(14-6-27)41-21-31(40)22-42-33-15-7-28(8-16-33)39(3,4)30-11-19-35(20-12-30)44-24-37-26-46-37/h27-37,40H,5-26H2,1-4H3. The van der Waals surface area contributed by atoms with Gasteiger partial charge in [-0.3, -0.25) is 0 Å². The Kier molecular flexibility index (Phi) is 13.2. The van der Waals surface area contributed by atoms with Crippen molar-refractivity contribution >= 4 is 23.5 Å². The molecule has 2 atom stereocenters. The highest BCUT2D eigenvalue weighted by Crippen LogP contribution is 2.50. The molecular weight excluding hydrogens is 613 g/mol. The Hall–Kier alpha value is 0.500. The first kappa shape index (κ1) is 36.3. The lowest BCUT2D eigenvalue weighted by molar-refractivity contribution is -0.0878. The third-order valence-corrected chi connectivity index (χ3v) is 15.7. The fourth-order valence-corrected chi connectivity index (χ4v) is 10.7. The van der Waals surface area contributed by atoms with E-state index in [0.717, 1.165) is 73.1 Å². The van der Waals surface area contributed by atoms with E-state index >= 15 is 0 Å². The summed E-state index contributed by atoms with van der Waals surface area (Å²) < 4.78 is 24.9. The molecule has 0 aromatic carbocycles. The molecule has 5 nitrogen and oxygen atoms in total. The fraction of sp³-hybridized carbons (Fsp3) is 1.00. The average molecular weight is 681 g/mol. The van der Waals surface area contributed by atoms with Gasteiger partial charge in [-0.2, -0.15) is 23.5 Å². The van der Waals surface area contributed by atoms with Crippen LogP contribution in [0.15, 0.2) is 0 Å². The first-order valence-corrected chi connectivity index (χ1v) is 21.6. The molecule has 6 fully saturated rings. The van der Waals surface area contributed by atoms with Gasteiger partial charge in [0.2, 0.25) is 0 Å². The van der Waals surface area contributed by atoms with Crippen LogP contribution in [0.5, 0.6) is 0 Å². The zero-order chi connectivity index (χ0) is 32.1. The van der Waals surface area contributed by atoms with Crippen LogP contribution in [0.3, 0.4) is 0 Å². The lowest BCUT2D eigenvalue weighted by Gasteiger charge is -2.46. The molecule has 2 heterocycles. The van der Waals surface area contributed by atoms with Crippen LogP contribution in [0.4, 0.5) is 0 Å². The van der Waals surface area contributed by atoms with Crippen LogP contribution in [0.1, 0.15) is 130 Å². The third kappa shape index (κ3) is 10.3. The predicted molar refractivity (Wildman–Crippen MR) is 193 cm³/mol. The van der Waals surface area contributed by atoms with Crippen LogP contribution in [-0.2, 0) is 18.9 Å². The molecule has 7 heteroatoms. The Morgan fingerprint density at radius 2 is 0.739 bits per heavy atom. The molecule has 0 bridgehead atoms. The lowest BCUT2D eigenvalue weighted by Crippen LogP contribution is -2.40. The molecule has 0 radical (unpaired) electrons. The molecule has 266 valence electrons. The first-order chi connectivity index (χ1) is 22.2. The Balaban J connectivity index is 0.813. The van der Waals surface area contributed by atoms with E-state index in [2.05, 4.69) is 27.7 Å². The summed E-state index contributed by atoms with van der Waals surface area (Å²) in [6.45, 7) is 12.9. The van der Waals surface area contributed by atoms with Gasteiger partial charge in [-0.1, -0.05) is 27.7 Å². The molecule has 2 saturated heterocycles. The van der Waals surface area contributed by atoms with Crippen molar-refractivity contribution in [2.24, 2.45) is 34.5 Å². The molecule has 0 aromatic rings. The SMILES string of the molecule is CC(C)(C1CCC(OCC(O)COC2CCC(C(C)(C)C3CCC(OCC4CS4)CC3)CC2)CC1)C1CCC(OCC2CS2)CC1. The minimum absolute atomic E-state index is 0.294. The molecule has 4 aliphatic carbocycles. The number of thioether (sulfide) groups is 2. The summed E-state index contributed by atoms with van der Waals surface area (Å²) in [5.41, 5.74) is 0.791. The monoisotopic (exact) mass is 680 g/mol. The van der Waals surface area contributed by atoms with E-state index < -0.39 is 6.10 Å². The number of hydrogen-bond acceptors (Lipinski definition) is 7. The summed E-state index contributed by atoms with van der Waals surface area (Å²) in [5.74, 6) is 5.82. The van der Waals surface area contributed by atoms with Gasteiger partial charge in [0.25, 0.3) is 0 Å². The van der Waals surface area contributed by atoms with Crippen molar-refractivity contribution in [2.45, 2.75) is 171 Å². The smallest absolute Gasteiger partial charge is 0.101 e. The average Bonchev–Trinajstić information content (AvgIpc) is 4.01. The topological polar surface area (TPSA) is 57.2 Å². The molecular formula is C39H68O5S2. The van der Waals surface area contributed by atoms with Crippen LogP contribution in [-0.4, -0.2) is 84.1 Å². The number of ether oxygens (including phenoxy) is 4. The van der Waals surface area contributed by atoms with Crippen LogP contribution in [0.2, 0.25) is 0 Å². The van der Waals surface area contributed by atoms with Gasteiger partial charge in [0.05, 0.1) is 50.8 Å². The van der Waals surface area contributed by atoms with E-state index in [1.807, 2.05) is 23.5 Å². The quantitative estimate of drug-likeness (QED) is 0.163. The van der Waals surface area contributed by atoms with Gasteiger partial charge < -0.3 is 24.1 Å². The number of aliphatic hydroxyl groups excluding tert-OH is 1. The van der Waals surface area contributed by atoms with Crippen LogP contribution >= 0.6 is 23.5 Å². The van der Waals surface area contributed by atoms with E-state index in [1.165, 1.54) is 88.6 Å². The maximum Gasteiger partial charge on any atom is 0.101 e. The molecule has 2 aliphatic heterocycles. The van der Waals surface area contributed by atoms with Crippen molar-refractivity contribution in [1.29, 1.82) is 0 Å². The van der Waals surface area contributed by atoms with Crippen molar-refractivity contribution in [3.05, 3.63) is 0 Å². The summed E-state index contributed by atoms with van der Waals surface area (Å²) in [6, 6.07) is 0. The zero-order valence-electron chi connectivity index (χ0n) is 29.8. The van der Waals surface area contributed by atoms with Crippen LogP contribution in [0.25, 0.3) is 0 Å². The van der Waals surface area contributed by atoms with Gasteiger partial charge >= 0.3 is 0 Å². The molecule has 1 N–H and O–H groups in total. The summed E-state index contributed by atoms with van der Waals surface area (Å²) in [6.07, 6.45) is 21.0. The van der Waals surface area contributed by atoms with Crippen molar-refractivity contribution in [3.63, 3.8) is 0 Å². The normalized spacial score (nSPS) is 39.6. The largest absolute Gasteiger partial charge is 0.388 e. The Bertz CT molecular complexity index is 818. The number of hydrogen-bond donors (Lipinski definition) is 1. The van der Waals surface area contributed by atoms with E-state index in [4.69, 9.17) is 18.9 Å². The third-order valence-electron chi connectivity index (χ3n) is 13.8. The highest BCUT2D eigenvalue weighted by atomic mass is 32.2. The van der Waals surface area contributed by atoms with Crippen molar-refractivity contribution in [2.75, 3.05) is 37.9 Å². The summed E-state index contributed by atoms with van der Waals surface area (Å²) >= 11 is 4.08. The van der Waals surface area contributed by atoms with Gasteiger partial charge in [0, 0.05) is 22.0 Å². The molecule has 0 spiro atoms. The second-order valence-electron chi connectivity index (χ2n) is 17.4. The maximum absolute atomic E-state index is 10.7. The molecule has 4 saturated carbocycles. The van der Waals surface area contributed by atoms with Gasteiger partial charge in [0.15, 0.2) is 0 Å². The van der Waals surface area contributed by atoms with Gasteiger partial charge in [0.1, 0.15) is 6.10 Å². The first-order valence-electron chi connectivity index (χ1n) is 19.5. The second-order valence-corrected chi connectivity index (χ2v) is 20.1. The summed E-state index contributed by atoms with van der Waals surface area (Å²) in [5, 5.41) is 12.3. The Morgan fingerprint density at radius 3 is 1.00 bits per heavy atom. The van der Waals surface area contributed by atoms with Gasteiger partial charge in [-0.05, 0) is 137 Å². The number of aliphatic hydroxyl groups is 1. The van der Waals surface area contributed by atoms with Crippen molar-refractivity contribution in [1.82, 2.24) is 0 Å². The van der Waals surface area contributed by atoms with Crippen molar-refractivity contribution in [3.8, 4) is 0 Å². The molecule has 6 aliphatic rings. The van der Waals surface area contributed by atoms with Gasteiger partial charge in [-0.25, -0.2) is 0 Å². The fourth-order valence-electron chi connectivity index (χ4n) is 9.92. The second kappa shape index (κ2) is 16.7. The van der Waals surface area contributed by atoms with Gasteiger partial charge in [-0.15, -0.1) is 0 Å². The van der Waals surface area contributed by atoms with E-state index in [0.29, 0.717) is 48.5 Å².